The van der Waals surface area contributed by atoms with E-state index in [2.05, 4.69) is 22.4 Å². The van der Waals surface area contributed by atoms with Crippen molar-refractivity contribution in [2.45, 2.75) is 58.9 Å². The second kappa shape index (κ2) is 7.04. The van der Waals surface area contributed by atoms with Crippen molar-refractivity contribution in [2.75, 3.05) is 0 Å². The van der Waals surface area contributed by atoms with Crippen LogP contribution in [-0.4, -0.2) is 22.1 Å². The van der Waals surface area contributed by atoms with E-state index in [-0.39, 0.29) is 11.9 Å². The molecular formula is C12H21N3O2. The largest absolute Gasteiger partial charge is 0.354 e. The molecule has 0 unspecified atom stereocenters. The fourth-order valence-electron chi connectivity index (χ4n) is 1.39. The summed E-state index contributed by atoms with van der Waals surface area (Å²) in [7, 11) is 0. The van der Waals surface area contributed by atoms with Crippen molar-refractivity contribution in [3.63, 3.8) is 0 Å². The molecule has 0 aliphatic rings. The maximum Gasteiger partial charge on any atom is 0.227 e. The Bertz CT molecular complexity index is 349. The number of carbonyl (C=O) groups is 1. The van der Waals surface area contributed by atoms with Crippen LogP contribution in [0, 0.1) is 0 Å². The van der Waals surface area contributed by atoms with E-state index < -0.39 is 0 Å². The summed E-state index contributed by atoms with van der Waals surface area (Å²) in [5.41, 5.74) is 0. The third kappa shape index (κ3) is 4.97. The van der Waals surface area contributed by atoms with Gasteiger partial charge in [-0.1, -0.05) is 19.0 Å². The van der Waals surface area contributed by atoms with Gasteiger partial charge in [-0.2, -0.15) is 4.98 Å². The average Bonchev–Trinajstić information content (AvgIpc) is 2.74. The summed E-state index contributed by atoms with van der Waals surface area (Å²) in [6.45, 7) is 6.10. The summed E-state index contributed by atoms with van der Waals surface area (Å²) in [4.78, 5) is 15.7. The summed E-state index contributed by atoms with van der Waals surface area (Å²) >= 11 is 0. The quantitative estimate of drug-likeness (QED) is 0.788. The molecule has 5 heteroatoms. The fourth-order valence-corrected chi connectivity index (χ4v) is 1.39. The number of carbonyl (C=O) groups excluding carboxylic acids is 1. The first-order chi connectivity index (χ1) is 8.15. The zero-order valence-electron chi connectivity index (χ0n) is 10.8. The normalized spacial score (nSPS) is 12.4. The van der Waals surface area contributed by atoms with Crippen LogP contribution in [0.3, 0.4) is 0 Å². The van der Waals surface area contributed by atoms with Gasteiger partial charge in [-0.05, 0) is 19.8 Å². The lowest BCUT2D eigenvalue weighted by Gasteiger charge is -2.10. The van der Waals surface area contributed by atoms with Crippen molar-refractivity contribution in [2.24, 2.45) is 0 Å². The molecule has 1 rings (SSSR count). The molecule has 1 amide bonds. The lowest BCUT2D eigenvalue weighted by atomic mass is 10.2. The number of nitrogens with zero attached hydrogens (tertiary/aromatic N) is 2. The Kier molecular flexibility index (Phi) is 5.66. The maximum atomic E-state index is 11.5. The smallest absolute Gasteiger partial charge is 0.227 e. The Morgan fingerprint density at radius 1 is 1.41 bits per heavy atom. The Labute approximate surface area is 102 Å². The third-order valence-corrected chi connectivity index (χ3v) is 2.57. The predicted octanol–water partition coefficient (Wildman–Crippen LogP) is 1.87. The van der Waals surface area contributed by atoms with Crippen molar-refractivity contribution in [3.8, 4) is 0 Å². The van der Waals surface area contributed by atoms with Crippen LogP contribution in [0.4, 0.5) is 0 Å². The van der Waals surface area contributed by atoms with Crippen molar-refractivity contribution in [1.82, 2.24) is 15.5 Å². The van der Waals surface area contributed by atoms with Crippen LogP contribution >= 0.6 is 0 Å². The van der Waals surface area contributed by atoms with Crippen molar-refractivity contribution < 1.29 is 9.32 Å². The first-order valence-corrected chi connectivity index (χ1v) is 6.26. The zero-order valence-corrected chi connectivity index (χ0v) is 10.8. The van der Waals surface area contributed by atoms with E-state index in [0.29, 0.717) is 18.7 Å². The van der Waals surface area contributed by atoms with Gasteiger partial charge in [0.1, 0.15) is 0 Å². The zero-order chi connectivity index (χ0) is 12.7. The molecule has 0 saturated heterocycles. The van der Waals surface area contributed by atoms with E-state index in [1.165, 1.54) is 0 Å². The molecule has 1 atom stereocenters. The number of rotatable bonds is 7. The first-order valence-electron chi connectivity index (χ1n) is 6.26. The van der Waals surface area contributed by atoms with E-state index >= 15 is 0 Å². The van der Waals surface area contributed by atoms with Crippen LogP contribution < -0.4 is 5.32 Å². The maximum absolute atomic E-state index is 11.5. The van der Waals surface area contributed by atoms with Gasteiger partial charge in [-0.15, -0.1) is 0 Å². The molecule has 5 nitrogen and oxygen atoms in total. The number of hydrogen-bond donors (Lipinski definition) is 1. The van der Waals surface area contributed by atoms with Crippen LogP contribution in [0.25, 0.3) is 0 Å². The molecule has 0 fully saturated rings. The monoisotopic (exact) mass is 239 g/mol. The fraction of sp³-hybridized carbons (Fsp3) is 0.750. The lowest BCUT2D eigenvalue weighted by Crippen LogP contribution is -2.32. The van der Waals surface area contributed by atoms with Crippen LogP contribution in [0.2, 0.25) is 0 Å². The minimum absolute atomic E-state index is 0.0367. The molecule has 0 aromatic carbocycles. The molecule has 0 aliphatic heterocycles. The van der Waals surface area contributed by atoms with E-state index in [4.69, 9.17) is 4.52 Å². The van der Waals surface area contributed by atoms with Crippen molar-refractivity contribution >= 4 is 5.91 Å². The van der Waals surface area contributed by atoms with Crippen molar-refractivity contribution in [1.29, 1.82) is 0 Å². The summed E-state index contributed by atoms with van der Waals surface area (Å²) in [6.07, 6.45) is 3.67. The summed E-state index contributed by atoms with van der Waals surface area (Å²) in [6, 6.07) is 0.223. The predicted molar refractivity (Wildman–Crippen MR) is 64.5 cm³/mol. The Morgan fingerprint density at radius 3 is 2.82 bits per heavy atom. The van der Waals surface area contributed by atoms with Gasteiger partial charge in [0, 0.05) is 25.3 Å². The second-order valence-corrected chi connectivity index (χ2v) is 4.23. The standard InChI is InChI=1S/C12H21N3O2/c1-4-6-10-14-12(17-15-10)8-7-11(16)13-9(3)5-2/h9H,4-8H2,1-3H3,(H,13,16)/t9-/m1/s1. The molecule has 1 aromatic rings. The van der Waals surface area contributed by atoms with Gasteiger partial charge in [-0.3, -0.25) is 4.79 Å². The van der Waals surface area contributed by atoms with Gasteiger partial charge >= 0.3 is 0 Å². The van der Waals surface area contributed by atoms with Crippen LogP contribution in [0.1, 0.15) is 51.7 Å². The molecule has 0 radical (unpaired) electrons. The molecule has 17 heavy (non-hydrogen) atoms. The highest BCUT2D eigenvalue weighted by Gasteiger charge is 2.09. The van der Waals surface area contributed by atoms with E-state index in [0.717, 1.165) is 25.1 Å². The minimum Gasteiger partial charge on any atom is -0.354 e. The summed E-state index contributed by atoms with van der Waals surface area (Å²) in [5, 5.41) is 6.75. The SMILES string of the molecule is CCCc1noc(CCC(=O)N[C@H](C)CC)n1. The third-order valence-electron chi connectivity index (χ3n) is 2.57. The van der Waals surface area contributed by atoms with Gasteiger partial charge in [0.25, 0.3) is 0 Å². The van der Waals surface area contributed by atoms with Crippen molar-refractivity contribution in [3.05, 3.63) is 11.7 Å². The minimum atomic E-state index is 0.0367. The molecule has 0 spiro atoms. The molecule has 0 saturated carbocycles. The van der Waals surface area contributed by atoms with Gasteiger partial charge in [0.05, 0.1) is 0 Å². The Morgan fingerprint density at radius 2 is 2.18 bits per heavy atom. The average molecular weight is 239 g/mol. The molecule has 1 aromatic heterocycles. The topological polar surface area (TPSA) is 68.0 Å². The number of aromatic nitrogens is 2. The highest BCUT2D eigenvalue weighted by molar-refractivity contribution is 5.76. The number of aryl methyl sites for hydroxylation is 2. The molecule has 1 N–H and O–H groups in total. The summed E-state index contributed by atoms with van der Waals surface area (Å²) < 4.78 is 5.06. The highest BCUT2D eigenvalue weighted by atomic mass is 16.5. The van der Waals surface area contributed by atoms with Gasteiger partial charge in [-0.25, -0.2) is 0 Å². The second-order valence-electron chi connectivity index (χ2n) is 4.23. The Hall–Kier alpha value is -1.39. The van der Waals surface area contributed by atoms with E-state index in [9.17, 15) is 4.79 Å². The van der Waals surface area contributed by atoms with Crippen LogP contribution in [0.5, 0.6) is 0 Å². The Balaban J connectivity index is 2.31. The van der Waals surface area contributed by atoms with Crippen LogP contribution in [0.15, 0.2) is 4.52 Å². The molecule has 0 bridgehead atoms. The van der Waals surface area contributed by atoms with Gasteiger partial charge < -0.3 is 9.84 Å². The first kappa shape index (κ1) is 13.7. The number of hydrogen-bond acceptors (Lipinski definition) is 4. The molecule has 1 heterocycles. The van der Waals surface area contributed by atoms with E-state index in [1.807, 2.05) is 13.8 Å². The molecule has 96 valence electrons. The highest BCUT2D eigenvalue weighted by Crippen LogP contribution is 2.03. The van der Waals surface area contributed by atoms with E-state index in [1.54, 1.807) is 0 Å². The summed E-state index contributed by atoms with van der Waals surface area (Å²) in [5.74, 6) is 1.31. The van der Waals surface area contributed by atoms with Gasteiger partial charge in [0.2, 0.25) is 11.8 Å². The van der Waals surface area contributed by atoms with Gasteiger partial charge in [0.15, 0.2) is 5.82 Å². The lowest BCUT2D eigenvalue weighted by molar-refractivity contribution is -0.121. The number of nitrogens with one attached hydrogen (secondary N) is 1. The number of amides is 1. The molecular weight excluding hydrogens is 218 g/mol. The molecule has 0 aliphatic carbocycles. The van der Waals surface area contributed by atoms with Crippen LogP contribution in [-0.2, 0) is 17.6 Å².